The van der Waals surface area contributed by atoms with Crippen molar-refractivity contribution in [2.24, 2.45) is 0 Å². The van der Waals surface area contributed by atoms with Crippen LogP contribution < -0.4 is 0 Å². The quantitative estimate of drug-likeness (QED) is 0.473. The van der Waals surface area contributed by atoms with Crippen LogP contribution in [-0.4, -0.2) is 20.3 Å². The fourth-order valence-corrected chi connectivity index (χ4v) is 3.17. The maximum Gasteiger partial charge on any atom is 0.215 e. The molecule has 2 heterocycles. The number of aromatic nitrogens is 3. The third-order valence-corrected chi connectivity index (χ3v) is 4.69. The maximum absolute atomic E-state index is 10.3. The molecule has 3 N–H and O–H groups in total. The van der Waals surface area contributed by atoms with Crippen LogP contribution in [0.25, 0.3) is 33.4 Å². The van der Waals surface area contributed by atoms with Crippen molar-refractivity contribution in [3.05, 3.63) is 59.7 Å². The van der Waals surface area contributed by atoms with Crippen molar-refractivity contribution in [1.29, 1.82) is 0 Å². The van der Waals surface area contributed by atoms with Crippen LogP contribution in [0.3, 0.4) is 0 Å². The van der Waals surface area contributed by atoms with Crippen LogP contribution in [0.2, 0.25) is 0 Å². The zero-order valence-corrected chi connectivity index (χ0v) is 14.6. The summed E-state index contributed by atoms with van der Waals surface area (Å²) in [6, 6.07) is 16.7. The number of aromatic hydroxyl groups is 1. The molecule has 25 heavy (non-hydrogen) atoms. The molecule has 0 atom stereocenters. The van der Waals surface area contributed by atoms with Gasteiger partial charge in [0.05, 0.1) is 11.1 Å². The van der Waals surface area contributed by atoms with E-state index in [0.717, 1.165) is 27.9 Å². The Balaban J connectivity index is 1.89. The first kappa shape index (κ1) is 15.5. The van der Waals surface area contributed by atoms with Crippen LogP contribution in [0.1, 0.15) is 30.9 Å². The van der Waals surface area contributed by atoms with Crippen molar-refractivity contribution in [2.75, 3.05) is 0 Å². The number of hydrogen-bond donors (Lipinski definition) is 3. The van der Waals surface area contributed by atoms with Gasteiger partial charge in [0, 0.05) is 5.56 Å². The molecule has 4 rings (SSSR count). The van der Waals surface area contributed by atoms with Crippen molar-refractivity contribution in [3.8, 4) is 28.4 Å². The van der Waals surface area contributed by atoms with E-state index in [1.807, 2.05) is 0 Å². The van der Waals surface area contributed by atoms with E-state index in [1.165, 1.54) is 11.1 Å². The van der Waals surface area contributed by atoms with Crippen LogP contribution in [-0.2, 0) is 0 Å². The molecule has 0 fully saturated rings. The summed E-state index contributed by atoms with van der Waals surface area (Å²) in [7, 11) is 0. The van der Waals surface area contributed by atoms with Crippen molar-refractivity contribution in [2.45, 2.75) is 26.7 Å². The lowest BCUT2D eigenvalue weighted by Crippen LogP contribution is -1.87. The van der Waals surface area contributed by atoms with E-state index in [0.29, 0.717) is 11.4 Å². The van der Waals surface area contributed by atoms with Gasteiger partial charge in [-0.3, -0.25) is 5.10 Å². The summed E-state index contributed by atoms with van der Waals surface area (Å²) in [6.07, 6.45) is 0. The molecule has 2 aromatic heterocycles. The zero-order valence-electron chi connectivity index (χ0n) is 14.6. The number of aromatic amines is 2. The van der Waals surface area contributed by atoms with Gasteiger partial charge in [-0.2, -0.15) is 5.10 Å². The first-order valence-electron chi connectivity index (χ1n) is 8.51. The summed E-state index contributed by atoms with van der Waals surface area (Å²) >= 11 is 0. The minimum absolute atomic E-state index is 0.115. The molecule has 0 saturated heterocycles. The van der Waals surface area contributed by atoms with Gasteiger partial charge in [0.1, 0.15) is 11.2 Å². The first-order valence-corrected chi connectivity index (χ1v) is 8.51. The Labute approximate surface area is 146 Å². The maximum atomic E-state index is 10.3. The van der Waals surface area contributed by atoms with E-state index in [2.05, 4.69) is 84.5 Å². The Morgan fingerprint density at radius 1 is 0.920 bits per heavy atom. The number of benzene rings is 2. The number of hydrogen-bond acceptors (Lipinski definition) is 2. The minimum Gasteiger partial charge on any atom is -0.493 e. The van der Waals surface area contributed by atoms with Crippen LogP contribution in [0.4, 0.5) is 0 Å². The average Bonchev–Trinajstić information content (AvgIpc) is 3.17. The zero-order chi connectivity index (χ0) is 17.6. The second-order valence-corrected chi connectivity index (χ2v) is 6.81. The molecule has 0 bridgehead atoms. The fraction of sp³-hybridized carbons (Fsp3) is 0.190. The van der Waals surface area contributed by atoms with Crippen molar-refractivity contribution < 1.29 is 5.11 Å². The third-order valence-electron chi connectivity index (χ3n) is 4.69. The number of fused-ring (bicyclic) bond motifs is 1. The Morgan fingerprint density at radius 2 is 1.56 bits per heavy atom. The highest BCUT2D eigenvalue weighted by molar-refractivity contribution is 6.05. The van der Waals surface area contributed by atoms with Gasteiger partial charge in [-0.25, -0.2) is 0 Å². The molecule has 0 aliphatic carbocycles. The lowest BCUT2D eigenvalue weighted by Gasteiger charge is -2.07. The topological polar surface area (TPSA) is 64.7 Å². The predicted molar refractivity (Wildman–Crippen MR) is 102 cm³/mol. The second kappa shape index (κ2) is 5.81. The van der Waals surface area contributed by atoms with Gasteiger partial charge >= 0.3 is 0 Å². The molecule has 0 saturated carbocycles. The van der Waals surface area contributed by atoms with Gasteiger partial charge in [-0.1, -0.05) is 67.9 Å². The summed E-state index contributed by atoms with van der Waals surface area (Å²) in [6.45, 7) is 6.42. The Hall–Kier alpha value is -3.01. The number of aryl methyl sites for hydroxylation is 1. The highest BCUT2D eigenvalue weighted by Crippen LogP contribution is 2.39. The van der Waals surface area contributed by atoms with Crippen LogP contribution in [0.15, 0.2) is 48.5 Å². The molecule has 0 aliphatic heterocycles. The summed E-state index contributed by atoms with van der Waals surface area (Å²) < 4.78 is 0. The monoisotopic (exact) mass is 331 g/mol. The largest absolute Gasteiger partial charge is 0.493 e. The lowest BCUT2D eigenvalue weighted by molar-refractivity contribution is 0.461. The summed E-state index contributed by atoms with van der Waals surface area (Å²) in [5.41, 5.74) is 6.92. The SMILES string of the molecule is Cc1ccc(-c2n[nH]c3c(O)[nH]c(-c4ccc(C(C)C)cc4)c23)cc1. The van der Waals surface area contributed by atoms with E-state index < -0.39 is 0 Å². The molecule has 0 radical (unpaired) electrons. The molecular weight excluding hydrogens is 310 g/mol. The number of rotatable bonds is 3. The summed E-state index contributed by atoms with van der Waals surface area (Å²) in [5.74, 6) is 0.604. The Morgan fingerprint density at radius 3 is 2.20 bits per heavy atom. The molecule has 126 valence electrons. The van der Waals surface area contributed by atoms with Gasteiger partial charge in [-0.15, -0.1) is 0 Å². The molecular formula is C21H21N3O. The van der Waals surface area contributed by atoms with E-state index >= 15 is 0 Å². The molecule has 4 aromatic rings. The Kier molecular flexibility index (Phi) is 3.61. The number of nitrogens with one attached hydrogen (secondary N) is 2. The first-order chi connectivity index (χ1) is 12.0. The molecule has 2 aromatic carbocycles. The molecule has 0 spiro atoms. The summed E-state index contributed by atoms with van der Waals surface area (Å²) in [4.78, 5) is 3.10. The van der Waals surface area contributed by atoms with E-state index in [1.54, 1.807) is 0 Å². The van der Waals surface area contributed by atoms with E-state index in [-0.39, 0.29) is 5.88 Å². The molecule has 4 heteroatoms. The van der Waals surface area contributed by atoms with Gasteiger partial charge in [0.15, 0.2) is 0 Å². The normalized spacial score (nSPS) is 11.5. The van der Waals surface area contributed by atoms with Gasteiger partial charge in [-0.05, 0) is 24.0 Å². The summed E-state index contributed by atoms with van der Waals surface area (Å²) in [5, 5.41) is 18.6. The van der Waals surface area contributed by atoms with Crippen LogP contribution in [0.5, 0.6) is 5.88 Å². The molecule has 0 unspecified atom stereocenters. The van der Waals surface area contributed by atoms with Crippen molar-refractivity contribution in [1.82, 2.24) is 15.2 Å². The fourth-order valence-electron chi connectivity index (χ4n) is 3.17. The highest BCUT2D eigenvalue weighted by Gasteiger charge is 2.19. The second-order valence-electron chi connectivity index (χ2n) is 6.81. The van der Waals surface area contributed by atoms with Crippen LogP contribution in [0, 0.1) is 6.92 Å². The Bertz CT molecular complexity index is 1020. The number of nitrogens with zero attached hydrogens (tertiary/aromatic N) is 1. The van der Waals surface area contributed by atoms with Gasteiger partial charge < -0.3 is 10.1 Å². The third kappa shape index (κ3) is 2.60. The lowest BCUT2D eigenvalue weighted by atomic mass is 9.99. The standard InChI is InChI=1S/C21H21N3O/c1-12(2)14-8-10-15(11-9-14)18-17-19(16-6-4-13(3)5-7-16)23-24-20(17)21(25)22-18/h4-12,22,24-25H,1-3H3. The molecule has 0 aliphatic rings. The van der Waals surface area contributed by atoms with Gasteiger partial charge in [0.2, 0.25) is 5.88 Å². The molecule has 0 amide bonds. The van der Waals surface area contributed by atoms with Crippen LogP contribution >= 0.6 is 0 Å². The van der Waals surface area contributed by atoms with E-state index in [4.69, 9.17) is 0 Å². The molecule has 4 nitrogen and oxygen atoms in total. The van der Waals surface area contributed by atoms with Gasteiger partial charge in [0.25, 0.3) is 0 Å². The van der Waals surface area contributed by atoms with Crippen molar-refractivity contribution >= 4 is 10.9 Å². The number of H-pyrrole nitrogens is 2. The minimum atomic E-state index is 0.115. The van der Waals surface area contributed by atoms with Crippen molar-refractivity contribution in [3.63, 3.8) is 0 Å². The van der Waals surface area contributed by atoms with E-state index in [9.17, 15) is 5.11 Å². The average molecular weight is 331 g/mol. The predicted octanol–water partition coefficient (Wildman–Crippen LogP) is 5.36. The highest BCUT2D eigenvalue weighted by atomic mass is 16.3. The smallest absolute Gasteiger partial charge is 0.215 e.